The number of imide groups is 1. The third-order valence-corrected chi connectivity index (χ3v) is 5.86. The Morgan fingerprint density at radius 3 is 2.40 bits per heavy atom. The Kier molecular flexibility index (Phi) is 4.64. The zero-order chi connectivity index (χ0) is 18.2. The molecule has 0 unspecified atom stereocenters. The van der Waals surface area contributed by atoms with Crippen LogP contribution in [0.25, 0.3) is 0 Å². The smallest absolute Gasteiger partial charge is 0.322 e. The molecular formula is C17H21N3O4S. The number of aryl methyl sites for hydroxylation is 2. The second-order valence-corrected chi connectivity index (χ2v) is 8.08. The van der Waals surface area contributed by atoms with Gasteiger partial charge in [0, 0.05) is 41.2 Å². The molecule has 2 fully saturated rings. The van der Waals surface area contributed by atoms with Crippen molar-refractivity contribution in [1.29, 1.82) is 0 Å². The standard InChI is InChI=1S/C17H21N3O4S/c1-10-9-12(11(2)25-10)13(21)3-4-14(22)20-7-5-17(6-8-20)15(23)18-16(24)19-17/h9H,3-8H2,1-2H3,(H2,18,19,23,24). The second kappa shape index (κ2) is 6.59. The lowest BCUT2D eigenvalue weighted by Gasteiger charge is -2.37. The molecule has 0 aliphatic carbocycles. The molecule has 3 rings (SSSR count). The summed E-state index contributed by atoms with van der Waals surface area (Å²) >= 11 is 1.58. The molecule has 0 atom stereocenters. The van der Waals surface area contributed by atoms with Crippen LogP contribution in [0.2, 0.25) is 0 Å². The second-order valence-electron chi connectivity index (χ2n) is 6.62. The van der Waals surface area contributed by atoms with Gasteiger partial charge in [-0.2, -0.15) is 0 Å². The van der Waals surface area contributed by atoms with Crippen molar-refractivity contribution in [1.82, 2.24) is 15.5 Å². The largest absolute Gasteiger partial charge is 0.342 e. The van der Waals surface area contributed by atoms with E-state index in [0.717, 1.165) is 9.75 Å². The van der Waals surface area contributed by atoms with E-state index in [1.165, 1.54) is 0 Å². The predicted molar refractivity (Wildman–Crippen MR) is 92.6 cm³/mol. The number of nitrogens with one attached hydrogen (secondary N) is 2. The van der Waals surface area contributed by atoms with E-state index >= 15 is 0 Å². The van der Waals surface area contributed by atoms with Crippen LogP contribution in [0.4, 0.5) is 4.79 Å². The zero-order valence-corrected chi connectivity index (χ0v) is 15.1. The Morgan fingerprint density at radius 1 is 1.20 bits per heavy atom. The molecule has 8 heteroatoms. The fourth-order valence-corrected chi connectivity index (χ4v) is 4.38. The predicted octanol–water partition coefficient (Wildman–Crippen LogP) is 1.53. The molecule has 0 aromatic carbocycles. The van der Waals surface area contributed by atoms with Gasteiger partial charge in [-0.15, -0.1) is 11.3 Å². The van der Waals surface area contributed by atoms with Crippen LogP contribution in [0.1, 0.15) is 45.8 Å². The van der Waals surface area contributed by atoms with Gasteiger partial charge in [0.05, 0.1) is 0 Å². The summed E-state index contributed by atoms with van der Waals surface area (Å²) in [7, 11) is 0. The number of carbonyl (C=O) groups excluding carboxylic acids is 4. The number of Topliss-reactive ketones (excluding diaryl/α,β-unsaturated/α-hetero) is 1. The van der Waals surface area contributed by atoms with Crippen LogP contribution >= 0.6 is 11.3 Å². The van der Waals surface area contributed by atoms with Gasteiger partial charge in [-0.3, -0.25) is 19.7 Å². The van der Waals surface area contributed by atoms with E-state index in [9.17, 15) is 19.2 Å². The number of urea groups is 1. The summed E-state index contributed by atoms with van der Waals surface area (Å²) in [5.74, 6) is -0.410. The minimum Gasteiger partial charge on any atom is -0.342 e. The lowest BCUT2D eigenvalue weighted by molar-refractivity contribution is -0.135. The maximum absolute atomic E-state index is 12.4. The van der Waals surface area contributed by atoms with Crippen molar-refractivity contribution in [3.05, 3.63) is 21.4 Å². The number of nitrogens with zero attached hydrogens (tertiary/aromatic N) is 1. The fraction of sp³-hybridized carbons (Fsp3) is 0.529. The van der Waals surface area contributed by atoms with Crippen molar-refractivity contribution >= 4 is 35.0 Å². The maximum Gasteiger partial charge on any atom is 0.322 e. The maximum atomic E-state index is 12.4. The van der Waals surface area contributed by atoms with Gasteiger partial charge in [0.25, 0.3) is 5.91 Å². The van der Waals surface area contributed by atoms with E-state index in [0.29, 0.717) is 31.5 Å². The molecule has 1 aromatic heterocycles. The van der Waals surface area contributed by atoms with Gasteiger partial charge in [0.2, 0.25) is 5.91 Å². The molecule has 0 saturated carbocycles. The van der Waals surface area contributed by atoms with Crippen molar-refractivity contribution in [3.8, 4) is 0 Å². The van der Waals surface area contributed by atoms with Crippen LogP contribution in [0.3, 0.4) is 0 Å². The molecule has 3 heterocycles. The normalized spacial score (nSPS) is 19.0. The number of ketones is 1. The molecule has 0 bridgehead atoms. The Hall–Kier alpha value is -2.22. The lowest BCUT2D eigenvalue weighted by atomic mass is 9.87. The highest BCUT2D eigenvalue weighted by atomic mass is 32.1. The molecule has 0 radical (unpaired) electrons. The summed E-state index contributed by atoms with van der Waals surface area (Å²) in [5, 5.41) is 4.92. The first kappa shape index (κ1) is 17.6. The van der Waals surface area contributed by atoms with Crippen LogP contribution in [-0.2, 0) is 9.59 Å². The highest BCUT2D eigenvalue weighted by molar-refractivity contribution is 7.12. The lowest BCUT2D eigenvalue weighted by Crippen LogP contribution is -2.55. The molecule has 2 N–H and O–H groups in total. The highest BCUT2D eigenvalue weighted by Crippen LogP contribution is 2.26. The number of amides is 4. The first-order valence-electron chi connectivity index (χ1n) is 8.32. The van der Waals surface area contributed by atoms with Crippen molar-refractivity contribution in [3.63, 3.8) is 0 Å². The van der Waals surface area contributed by atoms with E-state index in [4.69, 9.17) is 0 Å². The summed E-state index contributed by atoms with van der Waals surface area (Å²) < 4.78 is 0. The Bertz CT molecular complexity index is 747. The Labute approximate surface area is 149 Å². The van der Waals surface area contributed by atoms with Gasteiger partial charge in [-0.1, -0.05) is 0 Å². The van der Waals surface area contributed by atoms with Crippen LogP contribution < -0.4 is 10.6 Å². The van der Waals surface area contributed by atoms with Gasteiger partial charge in [0.1, 0.15) is 5.54 Å². The van der Waals surface area contributed by atoms with E-state index in [2.05, 4.69) is 10.6 Å². The van der Waals surface area contributed by atoms with Gasteiger partial charge in [-0.05, 0) is 32.8 Å². The monoisotopic (exact) mass is 363 g/mol. The van der Waals surface area contributed by atoms with Gasteiger partial charge < -0.3 is 10.2 Å². The number of likely N-dealkylation sites (tertiary alicyclic amines) is 1. The van der Waals surface area contributed by atoms with E-state index in [1.54, 1.807) is 16.2 Å². The molecule has 134 valence electrons. The summed E-state index contributed by atoms with van der Waals surface area (Å²) in [4.78, 5) is 51.6. The van der Waals surface area contributed by atoms with Crippen molar-refractivity contribution in [2.45, 2.75) is 45.1 Å². The number of carbonyl (C=O) groups is 4. The SMILES string of the molecule is Cc1cc(C(=O)CCC(=O)N2CCC3(CC2)NC(=O)NC3=O)c(C)s1. The first-order valence-corrected chi connectivity index (χ1v) is 9.14. The number of hydrogen-bond donors (Lipinski definition) is 2. The average molecular weight is 363 g/mol. The summed E-state index contributed by atoms with van der Waals surface area (Å²) in [6.45, 7) is 4.67. The summed E-state index contributed by atoms with van der Waals surface area (Å²) in [5.41, 5.74) is -0.173. The van der Waals surface area contributed by atoms with Crippen molar-refractivity contribution in [2.75, 3.05) is 13.1 Å². The Morgan fingerprint density at radius 2 is 1.88 bits per heavy atom. The van der Waals surface area contributed by atoms with Crippen molar-refractivity contribution < 1.29 is 19.2 Å². The Balaban J connectivity index is 1.52. The van der Waals surface area contributed by atoms with E-state index in [1.807, 2.05) is 19.9 Å². The van der Waals surface area contributed by atoms with Gasteiger partial charge in [0.15, 0.2) is 5.78 Å². The molecule has 7 nitrogen and oxygen atoms in total. The van der Waals surface area contributed by atoms with Crippen molar-refractivity contribution in [2.24, 2.45) is 0 Å². The minimum atomic E-state index is -0.880. The topological polar surface area (TPSA) is 95.6 Å². The van der Waals surface area contributed by atoms with Gasteiger partial charge in [-0.25, -0.2) is 4.79 Å². The van der Waals surface area contributed by atoms with Gasteiger partial charge >= 0.3 is 6.03 Å². The molecule has 1 spiro atoms. The number of piperidine rings is 1. The third kappa shape index (κ3) is 3.44. The molecule has 1 aromatic rings. The summed E-state index contributed by atoms with van der Waals surface area (Å²) in [6.07, 6.45) is 1.15. The third-order valence-electron chi connectivity index (χ3n) is 4.89. The van der Waals surface area contributed by atoms with E-state index < -0.39 is 11.6 Å². The number of thiophene rings is 1. The average Bonchev–Trinajstić information content (AvgIpc) is 3.04. The number of hydrogen-bond acceptors (Lipinski definition) is 5. The minimum absolute atomic E-state index is 0.00823. The molecule has 4 amide bonds. The van der Waals surface area contributed by atoms with E-state index in [-0.39, 0.29) is 30.4 Å². The molecule has 2 aliphatic heterocycles. The zero-order valence-electron chi connectivity index (χ0n) is 14.3. The summed E-state index contributed by atoms with van der Waals surface area (Å²) in [6, 6.07) is 1.40. The fourth-order valence-electron chi connectivity index (χ4n) is 3.44. The van der Waals surface area contributed by atoms with Crippen LogP contribution in [-0.4, -0.2) is 47.2 Å². The molecule has 2 aliphatic rings. The highest BCUT2D eigenvalue weighted by Gasteiger charge is 2.48. The number of rotatable bonds is 4. The van der Waals surface area contributed by atoms with Crippen LogP contribution in [0.15, 0.2) is 6.07 Å². The first-order chi connectivity index (χ1) is 11.8. The molecule has 25 heavy (non-hydrogen) atoms. The van der Waals surface area contributed by atoms with Crippen LogP contribution in [0.5, 0.6) is 0 Å². The molecular weight excluding hydrogens is 342 g/mol. The molecule has 2 saturated heterocycles. The quantitative estimate of drug-likeness (QED) is 0.626. The van der Waals surface area contributed by atoms with Crippen LogP contribution in [0, 0.1) is 13.8 Å².